The van der Waals surface area contributed by atoms with Crippen molar-refractivity contribution < 1.29 is 4.79 Å². The lowest BCUT2D eigenvalue weighted by atomic mass is 9.79. The van der Waals surface area contributed by atoms with Crippen molar-refractivity contribution in [1.29, 1.82) is 0 Å². The second-order valence-corrected chi connectivity index (χ2v) is 6.18. The molecule has 0 aromatic rings. The minimum Gasteiger partial charge on any atom is -0.309 e. The van der Waals surface area contributed by atoms with Gasteiger partial charge in [-0.15, -0.1) is 0 Å². The first-order valence-corrected chi connectivity index (χ1v) is 8.20. The van der Waals surface area contributed by atoms with Crippen LogP contribution in [0.3, 0.4) is 0 Å². The summed E-state index contributed by atoms with van der Waals surface area (Å²) in [5.41, 5.74) is 0.708. The quantitative estimate of drug-likeness (QED) is 0.764. The Morgan fingerprint density at radius 2 is 2.14 bits per heavy atom. The highest BCUT2D eigenvalue weighted by atomic mass is 16.1. The zero-order valence-electron chi connectivity index (χ0n) is 13.5. The van der Waals surface area contributed by atoms with Crippen LogP contribution in [-0.4, -0.2) is 30.5 Å². The molecule has 2 N–H and O–H groups in total. The number of carbonyl (C=O) groups is 1. The largest absolute Gasteiger partial charge is 0.309 e. The fourth-order valence-electron chi connectivity index (χ4n) is 3.33. The van der Waals surface area contributed by atoms with E-state index in [9.17, 15) is 4.79 Å². The van der Waals surface area contributed by atoms with Crippen LogP contribution in [0.4, 0.5) is 0 Å². The number of Topliss-reactive ketones (excluding diaryl/α,β-unsaturated/α-hetero) is 1. The van der Waals surface area contributed by atoms with Gasteiger partial charge in [0.1, 0.15) is 0 Å². The molecule has 2 aliphatic carbocycles. The van der Waals surface area contributed by atoms with Crippen LogP contribution in [0.2, 0.25) is 0 Å². The third-order valence-corrected chi connectivity index (χ3v) is 4.41. The Balaban J connectivity index is 2.34. The number of hydrogen-bond donors (Lipinski definition) is 2. The number of carbonyl (C=O) groups excluding carboxylic acids is 1. The van der Waals surface area contributed by atoms with Gasteiger partial charge >= 0.3 is 0 Å². The van der Waals surface area contributed by atoms with Crippen molar-refractivity contribution >= 4 is 5.78 Å². The maximum absolute atomic E-state index is 12.3. The van der Waals surface area contributed by atoms with E-state index in [0.29, 0.717) is 18.1 Å². The van der Waals surface area contributed by atoms with Crippen LogP contribution in [0, 0.1) is 5.92 Å². The van der Waals surface area contributed by atoms with Crippen molar-refractivity contribution in [1.82, 2.24) is 10.6 Å². The van der Waals surface area contributed by atoms with Crippen molar-refractivity contribution in [2.75, 3.05) is 13.1 Å². The van der Waals surface area contributed by atoms with Gasteiger partial charge in [0.15, 0.2) is 5.78 Å². The molecule has 3 heteroatoms. The molecule has 116 valence electrons. The molecular weight excluding hydrogens is 260 g/mol. The summed E-state index contributed by atoms with van der Waals surface area (Å²) in [5.74, 6) is 0.928. The zero-order chi connectivity index (χ0) is 15.3. The average molecular weight is 288 g/mol. The van der Waals surface area contributed by atoms with Crippen molar-refractivity contribution in [3.8, 4) is 0 Å². The Bertz CT molecular complexity index is 464. The lowest BCUT2D eigenvalue weighted by Gasteiger charge is -2.38. The minimum absolute atomic E-state index is 0.185. The highest BCUT2D eigenvalue weighted by Gasteiger charge is 2.35. The lowest BCUT2D eigenvalue weighted by molar-refractivity contribution is -0.117. The molecule has 0 amide bonds. The molecule has 0 saturated heterocycles. The maximum atomic E-state index is 12.3. The SMILES string of the molecule is CCNC1C=CC=CC1(C=C1CC(C)CCC1=O)NCC. The first-order chi connectivity index (χ1) is 10.1. The van der Waals surface area contributed by atoms with Gasteiger partial charge in [-0.1, -0.05) is 51.2 Å². The molecule has 2 rings (SSSR count). The molecule has 3 atom stereocenters. The van der Waals surface area contributed by atoms with Crippen LogP contribution in [0.15, 0.2) is 36.0 Å². The second kappa shape index (κ2) is 7.19. The van der Waals surface area contributed by atoms with Crippen LogP contribution < -0.4 is 10.6 Å². The van der Waals surface area contributed by atoms with Gasteiger partial charge in [-0.2, -0.15) is 0 Å². The number of hydrogen-bond acceptors (Lipinski definition) is 3. The topological polar surface area (TPSA) is 41.1 Å². The summed E-state index contributed by atoms with van der Waals surface area (Å²) in [4.78, 5) is 12.3. The fourth-order valence-corrected chi connectivity index (χ4v) is 3.33. The summed E-state index contributed by atoms with van der Waals surface area (Å²) < 4.78 is 0. The molecule has 0 aliphatic heterocycles. The summed E-state index contributed by atoms with van der Waals surface area (Å²) >= 11 is 0. The first kappa shape index (κ1) is 16.2. The van der Waals surface area contributed by atoms with E-state index in [0.717, 1.165) is 31.5 Å². The summed E-state index contributed by atoms with van der Waals surface area (Å²) in [7, 11) is 0. The molecule has 0 bridgehead atoms. The fraction of sp³-hybridized carbons (Fsp3) is 0.611. The molecule has 21 heavy (non-hydrogen) atoms. The molecular formula is C18H28N2O. The van der Waals surface area contributed by atoms with Crippen molar-refractivity contribution in [3.63, 3.8) is 0 Å². The normalized spacial score (nSPS) is 34.6. The van der Waals surface area contributed by atoms with Crippen LogP contribution in [0.5, 0.6) is 0 Å². The van der Waals surface area contributed by atoms with E-state index in [4.69, 9.17) is 0 Å². The lowest BCUT2D eigenvalue weighted by Crippen LogP contribution is -2.57. The van der Waals surface area contributed by atoms with Gasteiger partial charge in [0.05, 0.1) is 11.6 Å². The number of allylic oxidation sites excluding steroid dienone is 3. The second-order valence-electron chi connectivity index (χ2n) is 6.18. The molecule has 3 unspecified atom stereocenters. The van der Waals surface area contributed by atoms with Crippen LogP contribution in [0.1, 0.15) is 40.0 Å². The smallest absolute Gasteiger partial charge is 0.158 e. The molecule has 0 aromatic heterocycles. The van der Waals surface area contributed by atoms with Gasteiger partial charge in [0.25, 0.3) is 0 Å². The van der Waals surface area contributed by atoms with Crippen molar-refractivity contribution in [2.45, 2.75) is 51.6 Å². The third-order valence-electron chi connectivity index (χ3n) is 4.41. The summed E-state index contributed by atoms with van der Waals surface area (Å²) in [6, 6.07) is 0.185. The van der Waals surface area contributed by atoms with E-state index < -0.39 is 0 Å². The molecule has 1 fully saturated rings. The Kier molecular flexibility index (Phi) is 5.54. The van der Waals surface area contributed by atoms with Gasteiger partial charge in [-0.05, 0) is 37.4 Å². The molecule has 0 aromatic carbocycles. The van der Waals surface area contributed by atoms with Crippen LogP contribution in [-0.2, 0) is 4.79 Å². The van der Waals surface area contributed by atoms with E-state index in [1.54, 1.807) is 0 Å². The molecule has 0 radical (unpaired) electrons. The monoisotopic (exact) mass is 288 g/mol. The summed E-state index contributed by atoms with van der Waals surface area (Å²) in [6.07, 6.45) is 13.3. The third kappa shape index (κ3) is 3.72. The van der Waals surface area contributed by atoms with Crippen molar-refractivity contribution in [3.05, 3.63) is 36.0 Å². The molecule has 2 aliphatic rings. The Morgan fingerprint density at radius 1 is 1.33 bits per heavy atom. The average Bonchev–Trinajstić information content (AvgIpc) is 2.46. The molecule has 0 spiro atoms. The summed E-state index contributed by atoms with van der Waals surface area (Å²) in [6.45, 7) is 8.24. The Morgan fingerprint density at radius 3 is 2.86 bits per heavy atom. The van der Waals surface area contributed by atoms with Crippen LogP contribution in [0.25, 0.3) is 0 Å². The highest BCUT2D eigenvalue weighted by molar-refractivity contribution is 5.96. The Hall–Kier alpha value is -1.19. The summed E-state index contributed by atoms with van der Waals surface area (Å²) in [5, 5.41) is 7.11. The predicted octanol–water partition coefficient (Wildman–Crippen LogP) is 2.75. The van der Waals surface area contributed by atoms with Crippen LogP contribution >= 0.6 is 0 Å². The number of ketones is 1. The number of likely N-dealkylation sites (N-methyl/N-ethyl adjacent to an activating group) is 2. The van der Waals surface area contributed by atoms with Gasteiger partial charge in [-0.3, -0.25) is 4.79 Å². The predicted molar refractivity (Wildman–Crippen MR) is 88.3 cm³/mol. The van der Waals surface area contributed by atoms with Gasteiger partial charge < -0.3 is 10.6 Å². The molecule has 0 heterocycles. The Labute approximate surface area is 128 Å². The minimum atomic E-state index is -0.290. The first-order valence-electron chi connectivity index (χ1n) is 8.20. The van der Waals surface area contributed by atoms with E-state index in [1.165, 1.54) is 0 Å². The van der Waals surface area contributed by atoms with E-state index in [2.05, 4.69) is 61.8 Å². The van der Waals surface area contributed by atoms with Crippen molar-refractivity contribution in [2.24, 2.45) is 5.92 Å². The molecule has 1 saturated carbocycles. The van der Waals surface area contributed by atoms with E-state index >= 15 is 0 Å². The number of rotatable bonds is 5. The van der Waals surface area contributed by atoms with Gasteiger partial charge in [0, 0.05) is 6.42 Å². The van der Waals surface area contributed by atoms with E-state index in [1.807, 2.05) is 0 Å². The van der Waals surface area contributed by atoms with E-state index in [-0.39, 0.29) is 11.6 Å². The van der Waals surface area contributed by atoms with Gasteiger partial charge in [-0.25, -0.2) is 0 Å². The highest BCUT2D eigenvalue weighted by Crippen LogP contribution is 2.30. The standard InChI is InChI=1S/C18H28N2O/c1-4-19-17-8-6-7-11-18(17,20-5-2)13-15-12-14(3)9-10-16(15)21/h6-8,11,13-14,17,19-20H,4-5,9-10,12H2,1-3H3. The zero-order valence-corrected chi connectivity index (χ0v) is 13.5. The van der Waals surface area contributed by atoms with Gasteiger partial charge in [0.2, 0.25) is 0 Å². The molecule has 3 nitrogen and oxygen atoms in total. The number of nitrogens with one attached hydrogen (secondary N) is 2. The maximum Gasteiger partial charge on any atom is 0.158 e.